The lowest BCUT2D eigenvalue weighted by atomic mass is 9.69. The second kappa shape index (κ2) is 6.08. The lowest BCUT2D eigenvalue weighted by Crippen LogP contribution is -2.46. The molecule has 4 heteroatoms. The predicted molar refractivity (Wildman–Crippen MR) is 104 cm³/mol. The van der Waals surface area contributed by atoms with Gasteiger partial charge in [0.15, 0.2) is 0 Å². The maximum Gasteiger partial charge on any atom is 0.220 e. The Balaban J connectivity index is 1.30. The van der Waals surface area contributed by atoms with E-state index in [9.17, 15) is 4.79 Å². The van der Waals surface area contributed by atoms with Crippen LogP contribution in [-0.4, -0.2) is 16.9 Å². The van der Waals surface area contributed by atoms with E-state index in [1.54, 1.807) is 11.3 Å². The summed E-state index contributed by atoms with van der Waals surface area (Å²) in [5, 5.41) is 4.50. The summed E-state index contributed by atoms with van der Waals surface area (Å²) in [4.78, 5) is 17.1. The Kier molecular flexibility index (Phi) is 4.14. The van der Waals surface area contributed by atoms with Gasteiger partial charge >= 0.3 is 0 Å². The van der Waals surface area contributed by atoms with E-state index in [1.165, 1.54) is 17.5 Å². The normalized spacial score (nSPS) is 30.0. The number of nitrogens with one attached hydrogen (secondary N) is 1. The number of aromatic nitrogens is 1. The molecule has 2 aliphatic rings. The molecular formula is C21H28N2OS. The van der Waals surface area contributed by atoms with Gasteiger partial charge in [0.1, 0.15) is 0 Å². The predicted octanol–water partition coefficient (Wildman–Crippen LogP) is 4.95. The fourth-order valence-corrected chi connectivity index (χ4v) is 6.12. The topological polar surface area (TPSA) is 42.0 Å². The molecular weight excluding hydrogens is 328 g/mol. The average Bonchev–Trinajstić information content (AvgIpc) is 3.13. The van der Waals surface area contributed by atoms with E-state index in [1.807, 2.05) is 6.07 Å². The minimum atomic E-state index is 0.218. The number of amides is 1. The molecule has 25 heavy (non-hydrogen) atoms. The number of hydrogen-bond donors (Lipinski definition) is 1. The van der Waals surface area contributed by atoms with E-state index in [0.717, 1.165) is 35.7 Å². The van der Waals surface area contributed by atoms with Crippen molar-refractivity contribution in [3.8, 4) is 0 Å². The van der Waals surface area contributed by atoms with E-state index >= 15 is 0 Å². The number of carbonyl (C=O) groups excluding carboxylic acids is 1. The molecule has 3 nitrogen and oxygen atoms in total. The number of fused-ring (bicyclic) bond motifs is 3. The summed E-state index contributed by atoms with van der Waals surface area (Å²) in [5.74, 6) is 0.987. The molecule has 1 heterocycles. The lowest BCUT2D eigenvalue weighted by molar-refractivity contribution is -0.122. The fraction of sp³-hybridized carbons (Fsp3) is 0.619. The first-order valence-corrected chi connectivity index (χ1v) is 10.4. The first kappa shape index (κ1) is 17.0. The third kappa shape index (κ3) is 2.79. The van der Waals surface area contributed by atoms with Gasteiger partial charge in [0, 0.05) is 12.5 Å². The summed E-state index contributed by atoms with van der Waals surface area (Å²) in [6.07, 6.45) is 6.11. The zero-order chi connectivity index (χ0) is 17.7. The number of carbonyl (C=O) groups is 1. The summed E-state index contributed by atoms with van der Waals surface area (Å²) in [7, 11) is 0. The second-order valence-electron chi connectivity index (χ2n) is 8.66. The number of benzene rings is 1. The summed E-state index contributed by atoms with van der Waals surface area (Å²) in [5.41, 5.74) is 1.69. The molecule has 0 aliphatic heterocycles. The Morgan fingerprint density at radius 1 is 1.32 bits per heavy atom. The zero-order valence-electron chi connectivity index (χ0n) is 15.5. The van der Waals surface area contributed by atoms with Crippen LogP contribution < -0.4 is 5.32 Å². The Hall–Kier alpha value is -1.42. The number of para-hydroxylation sites is 1. The van der Waals surface area contributed by atoms with Gasteiger partial charge in [0.2, 0.25) is 5.91 Å². The Morgan fingerprint density at radius 2 is 2.12 bits per heavy atom. The van der Waals surface area contributed by atoms with E-state index in [4.69, 9.17) is 0 Å². The van der Waals surface area contributed by atoms with Crippen LogP contribution in [0.5, 0.6) is 0 Å². The maximum absolute atomic E-state index is 12.5. The van der Waals surface area contributed by atoms with Crippen molar-refractivity contribution in [3.05, 3.63) is 29.3 Å². The van der Waals surface area contributed by atoms with Crippen LogP contribution in [0.1, 0.15) is 57.9 Å². The standard InChI is InChI=1S/C21H28N2OS/c1-20(2)14-11-12-21(20,3)17(13-14)23-18(24)9-6-10-19-22-15-7-4-5-8-16(15)25-19/h4-5,7-8,14,17H,6,9-13H2,1-3H3,(H,23,24). The van der Waals surface area contributed by atoms with Crippen LogP contribution in [0.15, 0.2) is 24.3 Å². The molecule has 1 aromatic heterocycles. The van der Waals surface area contributed by atoms with Crippen LogP contribution in [0.4, 0.5) is 0 Å². The first-order valence-electron chi connectivity index (χ1n) is 9.54. The van der Waals surface area contributed by atoms with Crippen molar-refractivity contribution in [2.24, 2.45) is 16.7 Å². The molecule has 0 radical (unpaired) electrons. The summed E-state index contributed by atoms with van der Waals surface area (Å²) in [6, 6.07) is 8.60. The highest BCUT2D eigenvalue weighted by Crippen LogP contribution is 2.65. The molecule has 0 saturated heterocycles. The maximum atomic E-state index is 12.5. The third-order valence-electron chi connectivity index (χ3n) is 7.26. The molecule has 0 spiro atoms. The molecule has 2 aromatic rings. The average molecular weight is 357 g/mol. The summed E-state index contributed by atoms with van der Waals surface area (Å²) in [6.45, 7) is 7.17. The largest absolute Gasteiger partial charge is 0.353 e. The molecule has 3 atom stereocenters. The van der Waals surface area contributed by atoms with Crippen molar-refractivity contribution < 1.29 is 4.79 Å². The van der Waals surface area contributed by atoms with E-state index in [0.29, 0.717) is 17.9 Å². The molecule has 134 valence electrons. The molecule has 3 unspecified atom stereocenters. The second-order valence-corrected chi connectivity index (χ2v) is 9.77. The SMILES string of the molecule is CC1(C)C2CCC1(C)C(NC(=O)CCCc1nc3ccccc3s1)C2. The quantitative estimate of drug-likeness (QED) is 0.823. The highest BCUT2D eigenvalue weighted by Gasteiger charge is 2.61. The van der Waals surface area contributed by atoms with E-state index in [2.05, 4.69) is 49.3 Å². The fourth-order valence-electron chi connectivity index (χ4n) is 5.12. The summed E-state index contributed by atoms with van der Waals surface area (Å²) < 4.78 is 1.24. The third-order valence-corrected chi connectivity index (χ3v) is 8.36. The van der Waals surface area contributed by atoms with Crippen LogP contribution in [0.2, 0.25) is 0 Å². The van der Waals surface area contributed by atoms with Gasteiger partial charge in [-0.15, -0.1) is 11.3 Å². The molecule has 2 bridgehead atoms. The van der Waals surface area contributed by atoms with Gasteiger partial charge in [-0.2, -0.15) is 0 Å². The van der Waals surface area contributed by atoms with Crippen molar-refractivity contribution in [2.75, 3.05) is 0 Å². The molecule has 1 N–H and O–H groups in total. The lowest BCUT2D eigenvalue weighted by Gasteiger charge is -2.39. The van der Waals surface area contributed by atoms with Gasteiger partial charge in [0.05, 0.1) is 15.2 Å². The van der Waals surface area contributed by atoms with Crippen LogP contribution in [0.25, 0.3) is 10.2 Å². The van der Waals surface area contributed by atoms with Crippen LogP contribution in [0.3, 0.4) is 0 Å². The van der Waals surface area contributed by atoms with Crippen molar-refractivity contribution in [1.29, 1.82) is 0 Å². The minimum Gasteiger partial charge on any atom is -0.353 e. The first-order chi connectivity index (χ1) is 11.9. The number of aryl methyl sites for hydroxylation is 1. The van der Waals surface area contributed by atoms with Gasteiger partial charge in [-0.3, -0.25) is 4.79 Å². The number of nitrogens with zero attached hydrogens (tertiary/aromatic N) is 1. The van der Waals surface area contributed by atoms with Crippen LogP contribution in [0, 0.1) is 16.7 Å². The smallest absolute Gasteiger partial charge is 0.220 e. The summed E-state index contributed by atoms with van der Waals surface area (Å²) >= 11 is 1.75. The zero-order valence-corrected chi connectivity index (χ0v) is 16.3. The molecule has 2 saturated carbocycles. The highest BCUT2D eigenvalue weighted by atomic mass is 32.1. The molecule has 1 aromatic carbocycles. The number of rotatable bonds is 5. The van der Waals surface area contributed by atoms with Gasteiger partial charge in [-0.05, 0) is 61.0 Å². The van der Waals surface area contributed by atoms with E-state index in [-0.39, 0.29) is 11.3 Å². The Labute approximate surface area is 154 Å². The number of thiazole rings is 1. The minimum absolute atomic E-state index is 0.218. The van der Waals surface area contributed by atoms with Crippen molar-refractivity contribution in [3.63, 3.8) is 0 Å². The molecule has 4 rings (SSSR count). The van der Waals surface area contributed by atoms with E-state index < -0.39 is 0 Å². The van der Waals surface area contributed by atoms with Gasteiger partial charge in [-0.25, -0.2) is 4.98 Å². The highest BCUT2D eigenvalue weighted by molar-refractivity contribution is 7.18. The molecule has 1 amide bonds. The number of hydrogen-bond acceptors (Lipinski definition) is 3. The van der Waals surface area contributed by atoms with Crippen LogP contribution >= 0.6 is 11.3 Å². The van der Waals surface area contributed by atoms with Crippen molar-refractivity contribution in [2.45, 2.75) is 65.3 Å². The van der Waals surface area contributed by atoms with Crippen molar-refractivity contribution >= 4 is 27.5 Å². The Bertz CT molecular complexity index is 763. The monoisotopic (exact) mass is 356 g/mol. The van der Waals surface area contributed by atoms with Crippen molar-refractivity contribution in [1.82, 2.24) is 10.3 Å². The van der Waals surface area contributed by atoms with Gasteiger partial charge in [-0.1, -0.05) is 32.9 Å². The Morgan fingerprint density at radius 3 is 2.80 bits per heavy atom. The molecule has 2 aliphatic carbocycles. The molecule has 2 fully saturated rings. The van der Waals surface area contributed by atoms with Gasteiger partial charge in [0.25, 0.3) is 0 Å². The van der Waals surface area contributed by atoms with Gasteiger partial charge < -0.3 is 5.32 Å². The van der Waals surface area contributed by atoms with Crippen LogP contribution in [-0.2, 0) is 11.2 Å².